The van der Waals surface area contributed by atoms with E-state index in [1.54, 1.807) is 19.2 Å². The molecule has 1 aromatic heterocycles. The Kier molecular flexibility index (Phi) is 6.78. The molecular formula is C26H28O4. The summed E-state index contributed by atoms with van der Waals surface area (Å²) in [6.45, 7) is 6.26. The highest BCUT2D eigenvalue weighted by Gasteiger charge is 2.17. The molecule has 0 radical (unpaired) electrons. The summed E-state index contributed by atoms with van der Waals surface area (Å²) >= 11 is 0. The summed E-state index contributed by atoms with van der Waals surface area (Å²) in [7, 11) is 1.61. The summed E-state index contributed by atoms with van der Waals surface area (Å²) in [6, 6.07) is 12.3. The lowest BCUT2D eigenvalue weighted by molar-refractivity contribution is 0.415. The summed E-state index contributed by atoms with van der Waals surface area (Å²) in [5.74, 6) is 1.19. The van der Waals surface area contributed by atoms with Gasteiger partial charge < -0.3 is 14.3 Å². The zero-order valence-electron chi connectivity index (χ0n) is 18.0. The van der Waals surface area contributed by atoms with Crippen molar-refractivity contribution in [3.05, 3.63) is 81.5 Å². The molecule has 0 saturated carbocycles. The van der Waals surface area contributed by atoms with Crippen molar-refractivity contribution in [1.82, 2.24) is 0 Å². The SMILES string of the molecule is COc1ccc(-c2oc3cccc(O)c3c(=O)c2C/C=C(\C)CCC=C(C)C)cc1. The number of methoxy groups -OCH3 is 1. The number of rotatable bonds is 7. The van der Waals surface area contributed by atoms with Crippen molar-refractivity contribution in [2.24, 2.45) is 0 Å². The Hall–Kier alpha value is -3.27. The van der Waals surface area contributed by atoms with Crippen molar-refractivity contribution in [3.8, 4) is 22.8 Å². The predicted molar refractivity (Wildman–Crippen MR) is 122 cm³/mol. The number of allylic oxidation sites excluding steroid dienone is 4. The van der Waals surface area contributed by atoms with E-state index in [0.717, 1.165) is 24.2 Å². The molecular weight excluding hydrogens is 376 g/mol. The number of phenolic OH excluding ortho intramolecular Hbond substituents is 1. The Labute approximate surface area is 177 Å². The molecule has 30 heavy (non-hydrogen) atoms. The third kappa shape index (κ3) is 4.82. The lowest BCUT2D eigenvalue weighted by Gasteiger charge is -2.11. The fourth-order valence-corrected chi connectivity index (χ4v) is 3.39. The van der Waals surface area contributed by atoms with Crippen LogP contribution in [0.3, 0.4) is 0 Å². The molecule has 0 fully saturated rings. The molecule has 0 aliphatic carbocycles. The maximum atomic E-state index is 13.3. The van der Waals surface area contributed by atoms with Gasteiger partial charge in [0.15, 0.2) is 0 Å². The molecule has 1 heterocycles. The number of hydrogen-bond acceptors (Lipinski definition) is 4. The minimum Gasteiger partial charge on any atom is -0.507 e. The molecule has 0 spiro atoms. The first-order chi connectivity index (χ1) is 14.4. The lowest BCUT2D eigenvalue weighted by Crippen LogP contribution is -2.11. The molecule has 2 aromatic carbocycles. The second kappa shape index (κ2) is 9.49. The fraction of sp³-hybridized carbons (Fsp3) is 0.269. The van der Waals surface area contributed by atoms with Crippen molar-refractivity contribution in [3.63, 3.8) is 0 Å². The molecule has 0 atom stereocenters. The Morgan fingerprint density at radius 1 is 1.07 bits per heavy atom. The van der Waals surface area contributed by atoms with Gasteiger partial charge in [-0.3, -0.25) is 4.79 Å². The highest BCUT2D eigenvalue weighted by molar-refractivity contribution is 5.85. The Balaban J connectivity index is 2.07. The van der Waals surface area contributed by atoms with E-state index in [2.05, 4.69) is 32.9 Å². The lowest BCUT2D eigenvalue weighted by atomic mass is 10.00. The quantitative estimate of drug-likeness (QED) is 0.462. The zero-order chi connectivity index (χ0) is 21.7. The number of ether oxygens (including phenoxy) is 1. The molecule has 0 aliphatic rings. The second-order valence-corrected chi connectivity index (χ2v) is 7.69. The standard InChI is InChI=1S/C26H28O4/c1-17(2)7-5-8-18(3)11-16-21-25(28)24-22(27)9-6-10-23(24)30-26(21)19-12-14-20(29-4)15-13-19/h6-7,9-15,27H,5,8,16H2,1-4H3/b18-11+. The van der Waals surface area contributed by atoms with E-state index in [4.69, 9.17) is 9.15 Å². The van der Waals surface area contributed by atoms with E-state index >= 15 is 0 Å². The zero-order valence-corrected chi connectivity index (χ0v) is 18.0. The van der Waals surface area contributed by atoms with Gasteiger partial charge in [0.1, 0.15) is 28.2 Å². The van der Waals surface area contributed by atoms with Gasteiger partial charge in [0.2, 0.25) is 5.43 Å². The molecule has 1 N–H and O–H groups in total. The summed E-state index contributed by atoms with van der Waals surface area (Å²) in [6.07, 6.45) is 6.64. The maximum Gasteiger partial charge on any atom is 0.200 e. The largest absolute Gasteiger partial charge is 0.507 e. The van der Waals surface area contributed by atoms with E-state index in [1.165, 1.54) is 17.2 Å². The third-order valence-corrected chi connectivity index (χ3v) is 5.09. The van der Waals surface area contributed by atoms with E-state index in [9.17, 15) is 9.90 Å². The Bertz CT molecular complexity index is 1140. The molecule has 0 aliphatic heterocycles. The highest BCUT2D eigenvalue weighted by Crippen LogP contribution is 2.31. The topological polar surface area (TPSA) is 59.7 Å². The smallest absolute Gasteiger partial charge is 0.200 e. The van der Waals surface area contributed by atoms with Crippen molar-refractivity contribution in [1.29, 1.82) is 0 Å². The molecule has 0 bridgehead atoms. The van der Waals surface area contributed by atoms with Crippen LogP contribution in [0.15, 0.2) is 75.0 Å². The van der Waals surface area contributed by atoms with Gasteiger partial charge in [-0.1, -0.05) is 29.4 Å². The predicted octanol–water partition coefficient (Wildman–Crippen LogP) is 6.41. The molecule has 0 amide bonds. The summed E-state index contributed by atoms with van der Waals surface area (Å²) < 4.78 is 11.4. The monoisotopic (exact) mass is 404 g/mol. The Morgan fingerprint density at radius 3 is 2.47 bits per heavy atom. The second-order valence-electron chi connectivity index (χ2n) is 7.69. The maximum absolute atomic E-state index is 13.3. The molecule has 4 heteroatoms. The van der Waals surface area contributed by atoms with Gasteiger partial charge in [-0.2, -0.15) is 0 Å². The van der Waals surface area contributed by atoms with Gasteiger partial charge in [-0.05, 0) is 76.4 Å². The van der Waals surface area contributed by atoms with Crippen molar-refractivity contribution in [2.75, 3.05) is 7.11 Å². The van der Waals surface area contributed by atoms with Crippen LogP contribution in [-0.4, -0.2) is 12.2 Å². The van der Waals surface area contributed by atoms with Crippen LogP contribution >= 0.6 is 0 Å². The number of aromatic hydroxyl groups is 1. The van der Waals surface area contributed by atoms with Crippen LogP contribution in [0.4, 0.5) is 0 Å². The van der Waals surface area contributed by atoms with Gasteiger partial charge in [0.05, 0.1) is 7.11 Å². The van der Waals surface area contributed by atoms with Crippen LogP contribution < -0.4 is 10.2 Å². The molecule has 3 aromatic rings. The number of hydrogen-bond donors (Lipinski definition) is 1. The minimum atomic E-state index is -0.200. The van der Waals surface area contributed by atoms with Gasteiger partial charge in [-0.25, -0.2) is 0 Å². The van der Waals surface area contributed by atoms with E-state index in [-0.39, 0.29) is 16.6 Å². The van der Waals surface area contributed by atoms with Crippen LogP contribution in [-0.2, 0) is 6.42 Å². The van der Waals surface area contributed by atoms with E-state index in [1.807, 2.05) is 24.3 Å². The average molecular weight is 405 g/mol. The van der Waals surface area contributed by atoms with Gasteiger partial charge in [0.25, 0.3) is 0 Å². The van der Waals surface area contributed by atoms with Crippen LogP contribution in [0, 0.1) is 0 Å². The summed E-state index contributed by atoms with van der Waals surface area (Å²) in [4.78, 5) is 13.3. The van der Waals surface area contributed by atoms with Crippen LogP contribution in [0.2, 0.25) is 0 Å². The first-order valence-corrected chi connectivity index (χ1v) is 10.1. The van der Waals surface area contributed by atoms with E-state index < -0.39 is 0 Å². The van der Waals surface area contributed by atoms with Crippen LogP contribution in [0.1, 0.15) is 39.2 Å². The highest BCUT2D eigenvalue weighted by atomic mass is 16.5. The minimum absolute atomic E-state index is 0.0620. The van der Waals surface area contributed by atoms with Gasteiger partial charge >= 0.3 is 0 Å². The molecule has 156 valence electrons. The summed E-state index contributed by atoms with van der Waals surface area (Å²) in [5, 5.41) is 10.5. The van der Waals surface area contributed by atoms with Crippen molar-refractivity contribution in [2.45, 2.75) is 40.0 Å². The normalized spacial score (nSPS) is 11.5. The fourth-order valence-electron chi connectivity index (χ4n) is 3.39. The molecule has 4 nitrogen and oxygen atoms in total. The third-order valence-electron chi connectivity index (χ3n) is 5.09. The van der Waals surface area contributed by atoms with Crippen LogP contribution in [0.5, 0.6) is 11.5 Å². The molecule has 0 unspecified atom stereocenters. The van der Waals surface area contributed by atoms with Gasteiger partial charge in [0, 0.05) is 11.1 Å². The van der Waals surface area contributed by atoms with Crippen molar-refractivity contribution < 1.29 is 14.3 Å². The first-order valence-electron chi connectivity index (χ1n) is 10.1. The summed E-state index contributed by atoms with van der Waals surface area (Å²) in [5.41, 5.74) is 4.02. The first kappa shape index (κ1) is 21.4. The molecule has 3 rings (SSSR count). The molecule has 0 saturated heterocycles. The number of fused-ring (bicyclic) bond motifs is 1. The van der Waals surface area contributed by atoms with E-state index in [0.29, 0.717) is 23.3 Å². The average Bonchev–Trinajstić information content (AvgIpc) is 2.72. The number of benzene rings is 2. The van der Waals surface area contributed by atoms with Crippen molar-refractivity contribution >= 4 is 11.0 Å². The number of phenols is 1. The van der Waals surface area contributed by atoms with Gasteiger partial charge in [-0.15, -0.1) is 0 Å². The van der Waals surface area contributed by atoms with Crippen LogP contribution in [0.25, 0.3) is 22.3 Å². The Morgan fingerprint density at radius 2 is 1.80 bits per heavy atom.